The average molecular weight is 318 g/mol. The van der Waals surface area contributed by atoms with Crippen LogP contribution in [0.3, 0.4) is 0 Å². The van der Waals surface area contributed by atoms with Crippen LogP contribution in [0, 0.1) is 6.92 Å². The van der Waals surface area contributed by atoms with Crippen molar-refractivity contribution in [3.05, 3.63) is 66.4 Å². The topological polar surface area (TPSA) is 50.7 Å². The Morgan fingerprint density at radius 3 is 2.48 bits per heavy atom. The zero-order valence-electron chi connectivity index (χ0n) is 12.5. The van der Waals surface area contributed by atoms with Crippen LogP contribution in [0.4, 0.5) is 11.1 Å². The van der Waals surface area contributed by atoms with Gasteiger partial charge in [0.2, 0.25) is 5.95 Å². The van der Waals surface area contributed by atoms with Crippen molar-refractivity contribution in [1.82, 2.24) is 15.0 Å². The molecule has 0 aliphatic carbocycles. The molecule has 4 nitrogen and oxygen atoms in total. The second kappa shape index (κ2) is 5.78. The van der Waals surface area contributed by atoms with Crippen LogP contribution < -0.4 is 5.32 Å². The minimum atomic E-state index is 0.572. The summed E-state index contributed by atoms with van der Waals surface area (Å²) in [5.74, 6) is 0.572. The van der Waals surface area contributed by atoms with Crippen molar-refractivity contribution in [2.75, 3.05) is 5.32 Å². The molecule has 112 valence electrons. The number of hydrogen-bond acceptors (Lipinski definition) is 5. The smallest absolute Gasteiger partial charge is 0.229 e. The van der Waals surface area contributed by atoms with Crippen LogP contribution in [0.25, 0.3) is 21.5 Å². The van der Waals surface area contributed by atoms with E-state index in [9.17, 15) is 0 Å². The number of aryl methyl sites for hydroxylation is 1. The van der Waals surface area contributed by atoms with Crippen LogP contribution in [0.2, 0.25) is 0 Å². The Morgan fingerprint density at radius 2 is 1.65 bits per heavy atom. The second-order valence-electron chi connectivity index (χ2n) is 5.20. The molecule has 0 aliphatic heterocycles. The number of aromatic nitrogens is 3. The molecule has 4 aromatic rings. The minimum Gasteiger partial charge on any atom is -0.300 e. The van der Waals surface area contributed by atoms with Crippen LogP contribution in [0.1, 0.15) is 5.69 Å². The fraction of sp³-hybridized carbons (Fsp3) is 0.0556. The molecule has 0 saturated heterocycles. The lowest BCUT2D eigenvalue weighted by Gasteiger charge is -2.06. The Labute approximate surface area is 137 Å². The number of nitrogens with zero attached hydrogens (tertiary/aromatic N) is 3. The van der Waals surface area contributed by atoms with E-state index in [2.05, 4.69) is 26.3 Å². The predicted molar refractivity (Wildman–Crippen MR) is 95.1 cm³/mol. The van der Waals surface area contributed by atoms with E-state index < -0.39 is 0 Å². The van der Waals surface area contributed by atoms with Crippen LogP contribution in [0.15, 0.2) is 60.7 Å². The van der Waals surface area contributed by atoms with Crippen molar-refractivity contribution in [3.8, 4) is 11.3 Å². The van der Waals surface area contributed by atoms with E-state index in [-0.39, 0.29) is 0 Å². The molecule has 1 N–H and O–H groups in total. The first-order valence-electron chi connectivity index (χ1n) is 7.32. The monoisotopic (exact) mass is 318 g/mol. The highest BCUT2D eigenvalue weighted by molar-refractivity contribution is 7.22. The van der Waals surface area contributed by atoms with Gasteiger partial charge in [-0.2, -0.15) is 0 Å². The summed E-state index contributed by atoms with van der Waals surface area (Å²) in [6.07, 6.45) is 0. The van der Waals surface area contributed by atoms with Crippen molar-refractivity contribution in [2.45, 2.75) is 6.92 Å². The maximum atomic E-state index is 4.61. The molecular formula is C18H14N4S. The third-order valence-electron chi connectivity index (χ3n) is 3.44. The standard InChI is InChI=1S/C18H14N4S/c1-12-11-15(13-7-3-2-4-8-13)20-17(19-12)22-18-21-14-9-5-6-10-16(14)23-18/h2-11H,1H3,(H,19,20,21,22). The van der Waals surface area contributed by atoms with Gasteiger partial charge in [0.15, 0.2) is 5.13 Å². The number of nitrogens with one attached hydrogen (secondary N) is 1. The Hall–Kier alpha value is -2.79. The van der Waals surface area contributed by atoms with Crippen molar-refractivity contribution in [3.63, 3.8) is 0 Å². The number of rotatable bonds is 3. The highest BCUT2D eigenvalue weighted by Gasteiger charge is 2.08. The summed E-state index contributed by atoms with van der Waals surface area (Å²) in [5.41, 5.74) is 3.88. The van der Waals surface area contributed by atoms with Crippen LogP contribution in [0.5, 0.6) is 0 Å². The molecular weight excluding hydrogens is 304 g/mol. The van der Waals surface area contributed by atoms with Crippen molar-refractivity contribution < 1.29 is 0 Å². The minimum absolute atomic E-state index is 0.572. The Balaban J connectivity index is 1.70. The first-order valence-corrected chi connectivity index (χ1v) is 8.13. The fourth-order valence-corrected chi connectivity index (χ4v) is 3.26. The van der Waals surface area contributed by atoms with Crippen molar-refractivity contribution in [1.29, 1.82) is 0 Å². The molecule has 0 spiro atoms. The van der Waals surface area contributed by atoms with E-state index in [1.807, 2.05) is 61.5 Å². The Morgan fingerprint density at radius 1 is 0.870 bits per heavy atom. The van der Waals surface area contributed by atoms with Gasteiger partial charge >= 0.3 is 0 Å². The van der Waals surface area contributed by atoms with E-state index in [4.69, 9.17) is 0 Å². The van der Waals surface area contributed by atoms with Gasteiger partial charge in [-0.3, -0.25) is 5.32 Å². The largest absolute Gasteiger partial charge is 0.300 e. The van der Waals surface area contributed by atoms with E-state index >= 15 is 0 Å². The number of benzene rings is 2. The highest BCUT2D eigenvalue weighted by atomic mass is 32.1. The second-order valence-corrected chi connectivity index (χ2v) is 6.23. The summed E-state index contributed by atoms with van der Waals surface area (Å²) < 4.78 is 1.14. The van der Waals surface area contributed by atoms with Gasteiger partial charge in [-0.15, -0.1) is 0 Å². The van der Waals surface area contributed by atoms with Gasteiger partial charge in [0.1, 0.15) is 0 Å². The summed E-state index contributed by atoms with van der Waals surface area (Å²) in [6, 6.07) is 20.2. The predicted octanol–water partition coefficient (Wildman–Crippen LogP) is 4.81. The zero-order valence-corrected chi connectivity index (χ0v) is 13.3. The molecule has 2 aromatic heterocycles. The number of fused-ring (bicyclic) bond motifs is 1. The highest BCUT2D eigenvalue weighted by Crippen LogP contribution is 2.28. The van der Waals surface area contributed by atoms with Gasteiger partial charge in [-0.05, 0) is 25.1 Å². The number of thiazole rings is 1. The normalized spacial score (nSPS) is 10.8. The first-order chi connectivity index (χ1) is 11.3. The third-order valence-corrected chi connectivity index (χ3v) is 4.39. The summed E-state index contributed by atoms with van der Waals surface area (Å²) in [4.78, 5) is 13.7. The molecule has 0 saturated carbocycles. The van der Waals surface area contributed by atoms with Gasteiger partial charge < -0.3 is 0 Å². The number of anilines is 2. The molecule has 0 atom stereocenters. The first kappa shape index (κ1) is 13.8. The molecule has 0 unspecified atom stereocenters. The van der Waals surface area contributed by atoms with E-state index in [0.717, 1.165) is 32.3 Å². The third kappa shape index (κ3) is 2.91. The van der Waals surface area contributed by atoms with Gasteiger partial charge in [0.05, 0.1) is 15.9 Å². The van der Waals surface area contributed by atoms with Crippen LogP contribution >= 0.6 is 11.3 Å². The summed E-state index contributed by atoms with van der Waals surface area (Å²) in [7, 11) is 0. The Kier molecular flexibility index (Phi) is 3.48. The molecule has 2 heterocycles. The maximum absolute atomic E-state index is 4.61. The lowest BCUT2D eigenvalue weighted by Crippen LogP contribution is -1.99. The average Bonchev–Trinajstić information content (AvgIpc) is 2.97. The van der Waals surface area contributed by atoms with Gasteiger partial charge in [-0.1, -0.05) is 53.8 Å². The van der Waals surface area contributed by atoms with Gasteiger partial charge in [0, 0.05) is 11.3 Å². The molecule has 0 radical (unpaired) electrons. The van der Waals surface area contributed by atoms with Crippen LogP contribution in [-0.2, 0) is 0 Å². The molecule has 0 bridgehead atoms. The molecule has 0 amide bonds. The molecule has 5 heteroatoms. The lowest BCUT2D eigenvalue weighted by atomic mass is 10.1. The molecule has 0 aliphatic rings. The summed E-state index contributed by atoms with van der Waals surface area (Å²) >= 11 is 1.60. The van der Waals surface area contributed by atoms with E-state index in [1.54, 1.807) is 11.3 Å². The number of hydrogen-bond donors (Lipinski definition) is 1. The van der Waals surface area contributed by atoms with Crippen molar-refractivity contribution >= 4 is 32.6 Å². The summed E-state index contributed by atoms with van der Waals surface area (Å²) in [5, 5.41) is 4.03. The SMILES string of the molecule is Cc1cc(-c2ccccc2)nc(Nc2nc3ccccc3s2)n1. The maximum Gasteiger partial charge on any atom is 0.229 e. The van der Waals surface area contributed by atoms with Gasteiger partial charge in [-0.25, -0.2) is 15.0 Å². The van der Waals surface area contributed by atoms with Crippen molar-refractivity contribution in [2.24, 2.45) is 0 Å². The lowest BCUT2D eigenvalue weighted by molar-refractivity contribution is 1.11. The zero-order chi connectivity index (χ0) is 15.6. The van der Waals surface area contributed by atoms with E-state index in [1.165, 1.54) is 0 Å². The molecule has 0 fully saturated rings. The van der Waals surface area contributed by atoms with Crippen LogP contribution in [-0.4, -0.2) is 15.0 Å². The summed E-state index contributed by atoms with van der Waals surface area (Å²) in [6.45, 7) is 1.97. The van der Waals surface area contributed by atoms with Gasteiger partial charge in [0.25, 0.3) is 0 Å². The molecule has 23 heavy (non-hydrogen) atoms. The Bertz CT molecular complexity index is 930. The molecule has 4 rings (SSSR count). The number of para-hydroxylation sites is 1. The fourth-order valence-electron chi connectivity index (χ4n) is 2.40. The van der Waals surface area contributed by atoms with E-state index in [0.29, 0.717) is 5.95 Å². The molecule has 2 aromatic carbocycles. The quantitative estimate of drug-likeness (QED) is 0.589.